The van der Waals surface area contributed by atoms with E-state index in [9.17, 15) is 19.5 Å². The minimum absolute atomic E-state index is 0.00857. The number of rotatable bonds is 13. The Hall–Kier alpha value is -2.47. The smallest absolute Gasteiger partial charge is 0.306 e. The SMILES string of the molecule is C=C(CC(CC1CC1)C(=O)C(N)=O)C1C2C(CC1C(C)(O)C(CC(=O)OCC(C)(C)C)C1Cc3ccccc3C1)C2(C)C. The Bertz CT molecular complexity index is 1240. The number of carbonyl (C=O) groups excluding carboxylic acids is 3. The van der Waals surface area contributed by atoms with Crippen LogP contribution in [0.3, 0.4) is 0 Å². The molecule has 43 heavy (non-hydrogen) atoms. The van der Waals surface area contributed by atoms with Gasteiger partial charge < -0.3 is 15.6 Å². The lowest BCUT2D eigenvalue weighted by Gasteiger charge is -2.45. The minimum Gasteiger partial charge on any atom is -0.465 e. The van der Waals surface area contributed by atoms with Crippen LogP contribution < -0.4 is 5.73 Å². The van der Waals surface area contributed by atoms with E-state index in [4.69, 9.17) is 10.5 Å². The van der Waals surface area contributed by atoms with Crippen LogP contribution in [-0.2, 0) is 32.0 Å². The molecule has 1 amide bonds. The molecular formula is C37H53NO5. The fraction of sp³-hybridized carbons (Fsp3) is 0.703. The average Bonchev–Trinajstić information content (AvgIpc) is 3.67. The maximum Gasteiger partial charge on any atom is 0.306 e. The standard InChI is InChI=1S/C37H53NO5/c1-21(14-26(15-22-12-13-22)33(40)34(38)41)31-28(18-29-32(31)36(29,5)6)37(7,42)27(19-30(39)43-20-35(2,3)4)25-16-23-10-8-9-11-24(23)17-25/h8-11,22,25-29,31-32,42H,1,12-20H2,2-7H3,(H2,38,41). The largest absolute Gasteiger partial charge is 0.465 e. The Morgan fingerprint density at radius 2 is 1.67 bits per heavy atom. The van der Waals surface area contributed by atoms with Crippen molar-refractivity contribution in [1.82, 2.24) is 0 Å². The van der Waals surface area contributed by atoms with Crippen molar-refractivity contribution in [1.29, 1.82) is 0 Å². The summed E-state index contributed by atoms with van der Waals surface area (Å²) < 4.78 is 5.76. The molecule has 0 radical (unpaired) electrons. The molecule has 1 aromatic rings. The molecule has 0 aliphatic heterocycles. The number of hydrogen-bond donors (Lipinski definition) is 2. The summed E-state index contributed by atoms with van der Waals surface area (Å²) >= 11 is 0. The number of ether oxygens (including phenoxy) is 1. The van der Waals surface area contributed by atoms with Crippen LogP contribution in [0.15, 0.2) is 36.4 Å². The molecule has 4 aliphatic rings. The highest BCUT2D eigenvalue weighted by atomic mass is 16.5. The highest BCUT2D eigenvalue weighted by Crippen LogP contribution is 2.74. The second-order valence-corrected chi connectivity index (χ2v) is 16.5. The van der Waals surface area contributed by atoms with Gasteiger partial charge in [-0.2, -0.15) is 0 Å². The van der Waals surface area contributed by atoms with Gasteiger partial charge in [-0.25, -0.2) is 0 Å². The second-order valence-electron chi connectivity index (χ2n) is 16.5. The quantitative estimate of drug-likeness (QED) is 0.164. The molecule has 0 bridgehead atoms. The first-order valence-corrected chi connectivity index (χ1v) is 16.5. The first kappa shape index (κ1) is 31.9. The number of hydrogen-bond acceptors (Lipinski definition) is 5. The van der Waals surface area contributed by atoms with Crippen LogP contribution in [0.2, 0.25) is 0 Å². The zero-order valence-corrected chi connectivity index (χ0v) is 27.2. The molecule has 7 atom stereocenters. The molecule has 0 saturated heterocycles. The number of fused-ring (bicyclic) bond motifs is 2. The lowest BCUT2D eigenvalue weighted by atomic mass is 9.63. The fourth-order valence-electron chi connectivity index (χ4n) is 8.99. The van der Waals surface area contributed by atoms with Gasteiger partial charge in [-0.3, -0.25) is 14.4 Å². The van der Waals surface area contributed by atoms with Crippen molar-refractivity contribution in [2.45, 2.75) is 98.5 Å². The summed E-state index contributed by atoms with van der Waals surface area (Å²) in [4.78, 5) is 38.2. The van der Waals surface area contributed by atoms with Gasteiger partial charge in [0.1, 0.15) is 0 Å². The third-order valence-electron chi connectivity index (χ3n) is 11.6. The van der Waals surface area contributed by atoms with Gasteiger partial charge in [0.25, 0.3) is 5.91 Å². The van der Waals surface area contributed by atoms with Crippen LogP contribution in [0.25, 0.3) is 0 Å². The number of nitrogens with two attached hydrogens (primary N) is 1. The number of aliphatic hydroxyl groups is 1. The Kier molecular flexibility index (Phi) is 8.52. The van der Waals surface area contributed by atoms with E-state index in [1.54, 1.807) is 0 Å². The van der Waals surface area contributed by atoms with Gasteiger partial charge in [-0.15, -0.1) is 0 Å². The van der Waals surface area contributed by atoms with Gasteiger partial charge in [0, 0.05) is 11.8 Å². The van der Waals surface area contributed by atoms with Crippen LogP contribution >= 0.6 is 0 Å². The zero-order valence-electron chi connectivity index (χ0n) is 27.2. The summed E-state index contributed by atoms with van der Waals surface area (Å²) in [6, 6.07) is 8.44. The topological polar surface area (TPSA) is 107 Å². The minimum atomic E-state index is -1.15. The van der Waals surface area contributed by atoms with Gasteiger partial charge in [0.2, 0.25) is 5.78 Å². The number of esters is 1. The predicted molar refractivity (Wildman–Crippen MR) is 168 cm³/mol. The molecule has 0 aromatic heterocycles. The van der Waals surface area contributed by atoms with Crippen LogP contribution in [0.1, 0.15) is 91.2 Å². The van der Waals surface area contributed by atoms with Crippen molar-refractivity contribution in [3.05, 3.63) is 47.5 Å². The molecule has 5 rings (SSSR count). The van der Waals surface area contributed by atoms with E-state index in [0.29, 0.717) is 37.2 Å². The van der Waals surface area contributed by atoms with Crippen molar-refractivity contribution < 1.29 is 24.2 Å². The molecule has 1 aromatic carbocycles. The number of carbonyl (C=O) groups is 3. The summed E-state index contributed by atoms with van der Waals surface area (Å²) in [6.07, 6.45) is 5.97. The molecule has 4 aliphatic carbocycles. The first-order valence-electron chi connectivity index (χ1n) is 16.5. The molecule has 236 valence electrons. The number of primary amides is 1. The van der Waals surface area contributed by atoms with E-state index in [-0.39, 0.29) is 46.9 Å². The van der Waals surface area contributed by atoms with Gasteiger partial charge in [0.15, 0.2) is 0 Å². The maximum atomic E-state index is 13.3. The number of allylic oxidation sites excluding steroid dienone is 1. The highest BCUT2D eigenvalue weighted by Gasteiger charge is 2.70. The Morgan fingerprint density at radius 1 is 1.07 bits per heavy atom. The fourth-order valence-corrected chi connectivity index (χ4v) is 8.99. The maximum absolute atomic E-state index is 13.3. The third-order valence-corrected chi connectivity index (χ3v) is 11.6. The van der Waals surface area contributed by atoms with Crippen molar-refractivity contribution in [3.8, 4) is 0 Å². The highest BCUT2D eigenvalue weighted by molar-refractivity contribution is 6.36. The first-order chi connectivity index (χ1) is 20.0. The van der Waals surface area contributed by atoms with Crippen LogP contribution in [0, 0.1) is 58.2 Å². The number of amides is 1. The van der Waals surface area contributed by atoms with Crippen molar-refractivity contribution in [2.75, 3.05) is 6.61 Å². The number of benzene rings is 1. The van der Waals surface area contributed by atoms with Crippen LogP contribution in [0.5, 0.6) is 0 Å². The van der Waals surface area contributed by atoms with Crippen LogP contribution in [0.4, 0.5) is 0 Å². The van der Waals surface area contributed by atoms with Gasteiger partial charge in [0.05, 0.1) is 18.6 Å². The van der Waals surface area contributed by atoms with E-state index in [1.807, 2.05) is 27.7 Å². The molecule has 0 heterocycles. The van der Waals surface area contributed by atoms with Crippen molar-refractivity contribution in [2.24, 2.45) is 63.9 Å². The molecule has 6 heteroatoms. The van der Waals surface area contributed by atoms with Gasteiger partial charge in [-0.05, 0) is 96.5 Å². The van der Waals surface area contributed by atoms with Crippen LogP contribution in [-0.4, -0.2) is 35.0 Å². The van der Waals surface area contributed by atoms with E-state index in [0.717, 1.165) is 37.7 Å². The Balaban J connectivity index is 1.42. The summed E-state index contributed by atoms with van der Waals surface area (Å²) in [5, 5.41) is 12.7. The van der Waals surface area contributed by atoms with Gasteiger partial charge >= 0.3 is 5.97 Å². The Morgan fingerprint density at radius 3 is 2.21 bits per heavy atom. The monoisotopic (exact) mass is 591 g/mol. The van der Waals surface area contributed by atoms with Crippen molar-refractivity contribution >= 4 is 17.7 Å². The predicted octanol–water partition coefficient (Wildman–Crippen LogP) is 6.07. The number of ketones is 1. The normalized spacial score (nSPS) is 28.7. The molecule has 3 N–H and O–H groups in total. The number of Topliss-reactive ketones (excluding diaryl/α,β-unsaturated/α-hetero) is 1. The lowest BCUT2D eigenvalue weighted by molar-refractivity contribution is -0.155. The molecule has 6 nitrogen and oxygen atoms in total. The second kappa shape index (κ2) is 11.5. The van der Waals surface area contributed by atoms with E-state index in [1.165, 1.54) is 11.1 Å². The molecule has 7 unspecified atom stereocenters. The average molecular weight is 592 g/mol. The summed E-state index contributed by atoms with van der Waals surface area (Å²) in [5.74, 6) is -1.05. The zero-order chi connectivity index (χ0) is 31.5. The van der Waals surface area contributed by atoms with E-state index >= 15 is 0 Å². The lowest BCUT2D eigenvalue weighted by Crippen LogP contribution is -2.50. The summed E-state index contributed by atoms with van der Waals surface area (Å²) in [7, 11) is 0. The molecule has 0 spiro atoms. The molecule has 3 saturated carbocycles. The Labute approximate surface area is 258 Å². The van der Waals surface area contributed by atoms with Crippen molar-refractivity contribution in [3.63, 3.8) is 0 Å². The van der Waals surface area contributed by atoms with E-state index in [2.05, 4.69) is 44.7 Å². The van der Waals surface area contributed by atoms with E-state index < -0.39 is 23.2 Å². The molecular weight excluding hydrogens is 538 g/mol. The third kappa shape index (κ3) is 6.65. The summed E-state index contributed by atoms with van der Waals surface area (Å²) in [6.45, 7) is 17.5. The summed E-state index contributed by atoms with van der Waals surface area (Å²) in [5.41, 5.74) is 7.85. The van der Waals surface area contributed by atoms with Gasteiger partial charge in [-0.1, -0.05) is 83.9 Å². The molecule has 3 fully saturated rings.